The molecule has 15 rings (SSSR count). The highest BCUT2D eigenvalue weighted by molar-refractivity contribution is 7.20. The summed E-state index contributed by atoms with van der Waals surface area (Å²) in [6.45, 7) is 20.6. The molecule has 6 aliphatic heterocycles. The number of aliphatic hydroxyl groups is 2. The Kier molecular flexibility index (Phi) is 19.1. The number of hydrogen-bond acceptors (Lipinski definition) is 22. The number of aliphatic hydroxyl groups excluding tert-OH is 2. The number of aromatic nitrogens is 8. The van der Waals surface area contributed by atoms with Crippen LogP contribution < -0.4 is 20.2 Å². The quantitative estimate of drug-likeness (QED) is 0.0700. The first-order chi connectivity index (χ1) is 40.4. The number of nitrogens with one attached hydrogen (secondary N) is 1. The first kappa shape index (κ1) is 59.2. The van der Waals surface area contributed by atoms with Gasteiger partial charge in [-0.25, -0.2) is 19.9 Å². The minimum Gasteiger partial charge on any atom is -0.399 e. The van der Waals surface area contributed by atoms with Crippen molar-refractivity contribution in [3.63, 3.8) is 0 Å². The van der Waals surface area contributed by atoms with Crippen LogP contribution in [0.15, 0.2) is 71.2 Å². The Morgan fingerprint density at radius 3 is 1.71 bits per heavy atom. The molecule has 13 heterocycles. The van der Waals surface area contributed by atoms with E-state index >= 15 is 0 Å². The van der Waals surface area contributed by atoms with Crippen LogP contribution in [0.1, 0.15) is 48.6 Å². The molecule has 0 unspecified atom stereocenters. The van der Waals surface area contributed by atoms with Crippen molar-refractivity contribution in [2.45, 2.75) is 58.3 Å². The number of anilines is 3. The number of hydrogen-bond donors (Lipinski definition) is 3. The third kappa shape index (κ3) is 13.9. The Morgan fingerprint density at radius 2 is 1.14 bits per heavy atom. The van der Waals surface area contributed by atoms with E-state index in [2.05, 4.69) is 100 Å². The lowest BCUT2D eigenvalue weighted by Crippen LogP contribution is -2.41. The third-order valence-corrected chi connectivity index (χ3v) is 18.4. The second kappa shape index (κ2) is 26.8. The van der Waals surface area contributed by atoms with Crippen LogP contribution in [0, 0.1) is 0 Å². The standard InChI is InChI=1S/C19H19N5O2S.C14H18BNO2.C12H14ClN3O2S.C10H10ClN3OS.C2H4O/c25-7-4-12-10-16-17(27-12)19(24-5-8-26-9-6-24)22-18(21-16)13-2-1-3-15-14(13)11-20-23-15;1-13(2)14(3,4)18-15(17-13)12-7-5-6-10-8-16-9-11(10)12;13-12-14-9-7-8(1-4-17)19-10(9)11(15-12)16-2-5-18-6-3-16;11-10-12-7-1-6-16-8(7)9(13-10)14-2-4-15-5-3-14;1-2-3-1/h1-3,10-11,25H,4-9H2,(H,20,23);5-7,9H,8H2,1-4H3;7,17H,1-6H2;1,6H,2-5H2;1-2H2. The van der Waals surface area contributed by atoms with Gasteiger partial charge >= 0.3 is 7.12 Å². The highest BCUT2D eigenvalue weighted by Crippen LogP contribution is 2.39. The van der Waals surface area contributed by atoms with E-state index < -0.39 is 0 Å². The van der Waals surface area contributed by atoms with Gasteiger partial charge in [-0.3, -0.25) is 10.1 Å². The lowest BCUT2D eigenvalue weighted by Gasteiger charge is -2.32. The lowest BCUT2D eigenvalue weighted by molar-refractivity contribution is 0.00578. The summed E-state index contributed by atoms with van der Waals surface area (Å²) < 4.78 is 36.1. The summed E-state index contributed by atoms with van der Waals surface area (Å²) in [6.07, 6.45) is 5.02. The molecule has 26 heteroatoms. The summed E-state index contributed by atoms with van der Waals surface area (Å²) in [7, 11) is -0.297. The smallest absolute Gasteiger partial charge is 0.399 e. The van der Waals surface area contributed by atoms with E-state index in [-0.39, 0.29) is 36.8 Å². The largest absolute Gasteiger partial charge is 0.495 e. The van der Waals surface area contributed by atoms with Crippen LogP contribution in [0.5, 0.6) is 0 Å². The fourth-order valence-corrected chi connectivity index (χ4v) is 13.2. The Bertz CT molecular complexity index is 3680. The lowest BCUT2D eigenvalue weighted by atomic mass is 9.75. The minimum absolute atomic E-state index is 0.133. The van der Waals surface area contributed by atoms with E-state index in [0.717, 1.165) is 158 Å². The average Bonchev–Trinajstić information content (AvgIpc) is 4.25. The number of fused-ring (bicyclic) bond motifs is 5. The van der Waals surface area contributed by atoms with Gasteiger partial charge in [0.05, 0.1) is 113 Å². The molecule has 0 aliphatic carbocycles. The van der Waals surface area contributed by atoms with Crippen molar-refractivity contribution in [3.8, 4) is 11.4 Å². The van der Waals surface area contributed by atoms with Crippen molar-refractivity contribution in [2.75, 3.05) is 120 Å². The fourth-order valence-electron chi connectivity index (χ4n) is 9.78. The molecule has 3 N–H and O–H groups in total. The molecular weight excluding hydrogens is 1160 g/mol. The molecule has 5 saturated heterocycles. The number of aromatic amines is 1. The zero-order chi connectivity index (χ0) is 57.5. The number of aliphatic imine (C=N–C) groups is 1. The summed E-state index contributed by atoms with van der Waals surface area (Å²) in [5, 5.41) is 29.1. The van der Waals surface area contributed by atoms with Gasteiger partial charge in [-0.05, 0) is 97.1 Å². The van der Waals surface area contributed by atoms with Gasteiger partial charge in [0.1, 0.15) is 0 Å². The minimum atomic E-state index is -0.297. The molecule has 2 aromatic carbocycles. The second-order valence-corrected chi connectivity index (χ2v) is 24.8. The Balaban J connectivity index is 0.000000116. The normalized spacial score (nSPS) is 17.8. The van der Waals surface area contributed by atoms with Crippen molar-refractivity contribution in [2.24, 2.45) is 4.99 Å². The maximum atomic E-state index is 9.32. The zero-order valence-electron chi connectivity index (χ0n) is 46.7. The maximum absolute atomic E-state index is 9.32. The van der Waals surface area contributed by atoms with Crippen LogP contribution in [-0.4, -0.2) is 180 Å². The molecular formula is C57H65BCl2N12O8S3. The second-order valence-electron chi connectivity index (χ2n) is 21.0. The van der Waals surface area contributed by atoms with Crippen molar-refractivity contribution >= 4 is 135 Å². The van der Waals surface area contributed by atoms with E-state index in [4.69, 9.17) is 61.8 Å². The molecule has 5 fully saturated rings. The molecule has 0 bridgehead atoms. The summed E-state index contributed by atoms with van der Waals surface area (Å²) >= 11 is 16.9. The molecule has 7 aromatic heterocycles. The van der Waals surface area contributed by atoms with E-state index in [1.807, 2.05) is 54.2 Å². The summed E-state index contributed by atoms with van der Waals surface area (Å²) in [5.41, 5.74) is 7.55. The van der Waals surface area contributed by atoms with Crippen LogP contribution in [0.4, 0.5) is 17.5 Å². The third-order valence-electron chi connectivity index (χ3n) is 14.8. The molecule has 0 amide bonds. The highest BCUT2D eigenvalue weighted by Gasteiger charge is 2.52. The highest BCUT2D eigenvalue weighted by atomic mass is 35.5. The predicted molar refractivity (Wildman–Crippen MR) is 332 cm³/mol. The van der Waals surface area contributed by atoms with Gasteiger partial charge in [0.15, 0.2) is 23.3 Å². The average molecular weight is 1220 g/mol. The SMILES string of the molecule is C1CO1.CC1(C)OB(c2cccc3c2C=NC3)OC1(C)C.Clc1nc(N2CCOCC2)c2sccc2n1.OCCc1cc2nc(-c3cccc4[nH]ncc34)nc(N3CCOCC3)c2s1.OCCc1cc2nc(Cl)nc(N3CCOCC3)c2s1. The van der Waals surface area contributed by atoms with Crippen molar-refractivity contribution in [1.29, 1.82) is 0 Å². The van der Waals surface area contributed by atoms with Crippen molar-refractivity contribution in [3.05, 3.63) is 97.6 Å². The molecule has 0 spiro atoms. The first-order valence-electron chi connectivity index (χ1n) is 27.7. The van der Waals surface area contributed by atoms with E-state index in [1.54, 1.807) is 34.0 Å². The topological polar surface area (TPSA) is 227 Å². The number of rotatable bonds is 9. The number of halogens is 2. The van der Waals surface area contributed by atoms with E-state index in [0.29, 0.717) is 50.4 Å². The summed E-state index contributed by atoms with van der Waals surface area (Å²) in [5.74, 6) is 3.47. The van der Waals surface area contributed by atoms with Crippen LogP contribution >= 0.6 is 57.2 Å². The molecule has 83 heavy (non-hydrogen) atoms. The molecule has 436 valence electrons. The number of H-pyrrole nitrogens is 1. The maximum Gasteiger partial charge on any atom is 0.495 e. The summed E-state index contributed by atoms with van der Waals surface area (Å²) in [4.78, 5) is 40.2. The number of thiophene rings is 3. The van der Waals surface area contributed by atoms with Gasteiger partial charge in [0, 0.05) is 92.2 Å². The number of benzene rings is 2. The monoisotopic (exact) mass is 1220 g/mol. The number of epoxide rings is 1. The fraction of sp³-hybridized carbons (Fsp3) is 0.439. The van der Waals surface area contributed by atoms with Gasteiger partial charge in [0.2, 0.25) is 10.6 Å². The Hall–Kier alpha value is -5.58. The van der Waals surface area contributed by atoms with Gasteiger partial charge < -0.3 is 53.2 Å². The molecule has 20 nitrogen and oxygen atoms in total. The number of nitrogens with zero attached hydrogens (tertiary/aromatic N) is 11. The summed E-state index contributed by atoms with van der Waals surface area (Å²) in [6, 6.07) is 18.3. The zero-order valence-corrected chi connectivity index (χ0v) is 50.6. The first-order valence-corrected chi connectivity index (χ1v) is 31.0. The molecule has 0 radical (unpaired) electrons. The van der Waals surface area contributed by atoms with Gasteiger partial charge in [0.25, 0.3) is 0 Å². The Morgan fingerprint density at radius 1 is 0.614 bits per heavy atom. The molecule has 0 atom stereocenters. The predicted octanol–water partition coefficient (Wildman–Crippen LogP) is 8.44. The van der Waals surface area contributed by atoms with Crippen LogP contribution in [0.3, 0.4) is 0 Å². The van der Waals surface area contributed by atoms with Crippen LogP contribution in [0.25, 0.3) is 52.9 Å². The van der Waals surface area contributed by atoms with Gasteiger partial charge in [-0.15, -0.1) is 34.0 Å². The van der Waals surface area contributed by atoms with Crippen LogP contribution in [-0.2, 0) is 47.6 Å². The van der Waals surface area contributed by atoms with Crippen molar-refractivity contribution < 1.29 is 38.5 Å². The van der Waals surface area contributed by atoms with E-state index in [1.165, 1.54) is 5.56 Å². The Labute approximate surface area is 502 Å². The van der Waals surface area contributed by atoms with Gasteiger partial charge in [-0.1, -0.05) is 30.3 Å². The molecule has 9 aromatic rings. The van der Waals surface area contributed by atoms with Crippen LogP contribution in [0.2, 0.25) is 10.6 Å². The van der Waals surface area contributed by atoms with E-state index in [9.17, 15) is 5.11 Å². The number of morpholine rings is 3. The van der Waals surface area contributed by atoms with Crippen molar-refractivity contribution in [1.82, 2.24) is 40.1 Å². The van der Waals surface area contributed by atoms with Gasteiger partial charge in [-0.2, -0.15) is 15.1 Å². The molecule has 0 saturated carbocycles. The molecule has 6 aliphatic rings. The number of ether oxygens (including phenoxy) is 4.